The number of carbonyl (C=O) groups excluding carboxylic acids is 1. The first-order chi connectivity index (χ1) is 7.13. The second-order valence-corrected chi connectivity index (χ2v) is 3.63. The number of aromatic nitrogens is 1. The smallest absolute Gasteiger partial charge is 0.332 e. The number of halogens is 1. The summed E-state index contributed by atoms with van der Waals surface area (Å²) >= 11 is 3.29. The van der Waals surface area contributed by atoms with E-state index in [0.29, 0.717) is 12.3 Å². The quantitative estimate of drug-likeness (QED) is 0.671. The molecule has 0 aliphatic heterocycles. The summed E-state index contributed by atoms with van der Waals surface area (Å²) in [4.78, 5) is 15.1. The van der Waals surface area contributed by atoms with Gasteiger partial charge in [-0.2, -0.15) is 0 Å². The molecule has 0 saturated carbocycles. The number of pyridine rings is 1. The lowest BCUT2D eigenvalue weighted by atomic mass is 10.2. The molecule has 0 aromatic carbocycles. The van der Waals surface area contributed by atoms with Crippen molar-refractivity contribution >= 4 is 27.6 Å². The molecule has 0 bridgehead atoms. The van der Waals surface area contributed by atoms with E-state index in [1.165, 1.54) is 6.08 Å². The minimum absolute atomic E-state index is 0.287. The molecular formula is C10H11BrN2O2. The molecule has 0 saturated heterocycles. The van der Waals surface area contributed by atoms with Crippen molar-refractivity contribution in [2.45, 2.75) is 6.92 Å². The van der Waals surface area contributed by atoms with Crippen molar-refractivity contribution < 1.29 is 9.53 Å². The maximum Gasteiger partial charge on any atom is 0.332 e. The van der Waals surface area contributed by atoms with Crippen molar-refractivity contribution in [1.29, 1.82) is 0 Å². The van der Waals surface area contributed by atoms with Gasteiger partial charge in [0.1, 0.15) is 0 Å². The average Bonchev–Trinajstić information content (AvgIpc) is 2.18. The zero-order valence-corrected chi connectivity index (χ0v) is 9.82. The highest BCUT2D eigenvalue weighted by molar-refractivity contribution is 9.10. The molecule has 5 heteroatoms. The highest BCUT2D eigenvalue weighted by atomic mass is 79.9. The van der Waals surface area contributed by atoms with E-state index in [2.05, 4.69) is 20.9 Å². The monoisotopic (exact) mass is 270 g/mol. The van der Waals surface area contributed by atoms with Crippen LogP contribution in [-0.4, -0.2) is 17.6 Å². The van der Waals surface area contributed by atoms with Gasteiger partial charge in [0.15, 0.2) is 0 Å². The number of esters is 1. The molecule has 1 heterocycles. The summed E-state index contributed by atoms with van der Waals surface area (Å²) < 4.78 is 5.58. The number of nitrogens with two attached hydrogens (primary N) is 1. The topological polar surface area (TPSA) is 65.2 Å². The molecular weight excluding hydrogens is 260 g/mol. The van der Waals surface area contributed by atoms with Crippen LogP contribution in [0.25, 0.3) is 5.70 Å². The van der Waals surface area contributed by atoms with Crippen molar-refractivity contribution in [2.24, 2.45) is 5.73 Å². The van der Waals surface area contributed by atoms with Gasteiger partial charge in [-0.1, -0.05) is 15.9 Å². The van der Waals surface area contributed by atoms with Crippen LogP contribution in [0.2, 0.25) is 0 Å². The number of hydrogen-bond donors (Lipinski definition) is 1. The van der Waals surface area contributed by atoms with Crippen LogP contribution < -0.4 is 5.73 Å². The molecule has 80 valence electrons. The third-order valence-electron chi connectivity index (χ3n) is 1.58. The van der Waals surface area contributed by atoms with Crippen LogP contribution in [0.4, 0.5) is 0 Å². The van der Waals surface area contributed by atoms with Crippen LogP contribution >= 0.6 is 15.9 Å². The molecule has 0 fully saturated rings. The lowest BCUT2D eigenvalue weighted by molar-refractivity contribution is -0.137. The van der Waals surface area contributed by atoms with E-state index >= 15 is 0 Å². The zero-order valence-electron chi connectivity index (χ0n) is 8.24. The molecule has 0 amide bonds. The van der Waals surface area contributed by atoms with E-state index in [1.54, 1.807) is 25.3 Å². The Morgan fingerprint density at radius 1 is 1.73 bits per heavy atom. The minimum Gasteiger partial charge on any atom is -0.463 e. The first-order valence-electron chi connectivity index (χ1n) is 4.39. The summed E-state index contributed by atoms with van der Waals surface area (Å²) in [5.41, 5.74) is 6.50. The predicted octanol–water partition coefficient (Wildman–Crippen LogP) is 1.71. The van der Waals surface area contributed by atoms with Gasteiger partial charge in [-0.3, -0.25) is 4.98 Å². The fraction of sp³-hybridized carbons (Fsp3) is 0.200. The normalized spacial score (nSPS) is 11.2. The Bertz CT molecular complexity index is 391. The zero-order chi connectivity index (χ0) is 11.3. The van der Waals surface area contributed by atoms with Crippen molar-refractivity contribution in [1.82, 2.24) is 4.98 Å². The van der Waals surface area contributed by atoms with E-state index in [9.17, 15) is 4.79 Å². The number of carbonyl (C=O) groups is 1. The van der Waals surface area contributed by atoms with Crippen LogP contribution in [0.5, 0.6) is 0 Å². The molecule has 0 aliphatic rings. The largest absolute Gasteiger partial charge is 0.463 e. The summed E-state index contributed by atoms with van der Waals surface area (Å²) in [6, 6.07) is 3.51. The van der Waals surface area contributed by atoms with Gasteiger partial charge < -0.3 is 10.5 Å². The van der Waals surface area contributed by atoms with Crippen LogP contribution in [-0.2, 0) is 9.53 Å². The highest BCUT2D eigenvalue weighted by Crippen LogP contribution is 2.13. The molecule has 15 heavy (non-hydrogen) atoms. The number of hydrogen-bond acceptors (Lipinski definition) is 4. The van der Waals surface area contributed by atoms with Crippen molar-refractivity contribution in [3.8, 4) is 0 Å². The maximum atomic E-state index is 11.1. The summed E-state index contributed by atoms with van der Waals surface area (Å²) in [6.45, 7) is 2.06. The predicted molar refractivity (Wildman–Crippen MR) is 60.7 cm³/mol. The standard InChI is InChI=1S/C10H11BrN2O2/c1-2-15-10(14)6-8(12)9-5-7(11)3-4-13-9/h3-6H,2,12H2,1H3. The van der Waals surface area contributed by atoms with Gasteiger partial charge in [0.25, 0.3) is 0 Å². The molecule has 1 rings (SSSR count). The summed E-state index contributed by atoms with van der Waals surface area (Å²) in [7, 11) is 0. The Kier molecular flexibility index (Phi) is 4.30. The fourth-order valence-electron chi connectivity index (χ4n) is 0.947. The Labute approximate surface area is 96.3 Å². The van der Waals surface area contributed by atoms with Gasteiger partial charge in [0, 0.05) is 16.7 Å². The molecule has 2 N–H and O–H groups in total. The van der Waals surface area contributed by atoms with Gasteiger partial charge in [-0.15, -0.1) is 0 Å². The van der Waals surface area contributed by atoms with Crippen LogP contribution in [0.3, 0.4) is 0 Å². The maximum absolute atomic E-state index is 11.1. The summed E-state index contributed by atoms with van der Waals surface area (Å²) in [5, 5.41) is 0. The Hall–Kier alpha value is -1.36. The van der Waals surface area contributed by atoms with Crippen molar-refractivity contribution in [2.75, 3.05) is 6.61 Å². The highest BCUT2D eigenvalue weighted by Gasteiger charge is 2.03. The lowest BCUT2D eigenvalue weighted by Crippen LogP contribution is -2.06. The van der Waals surface area contributed by atoms with E-state index in [1.807, 2.05) is 0 Å². The molecule has 0 radical (unpaired) electrons. The van der Waals surface area contributed by atoms with Gasteiger partial charge in [0.05, 0.1) is 18.0 Å². The van der Waals surface area contributed by atoms with Gasteiger partial charge in [-0.25, -0.2) is 4.79 Å². The third-order valence-corrected chi connectivity index (χ3v) is 2.07. The molecule has 1 aromatic rings. The van der Waals surface area contributed by atoms with Crippen molar-refractivity contribution in [3.63, 3.8) is 0 Å². The SMILES string of the molecule is CCOC(=O)C=C(N)c1cc(Br)ccn1. The van der Waals surface area contributed by atoms with Crippen LogP contribution in [0, 0.1) is 0 Å². The van der Waals surface area contributed by atoms with Gasteiger partial charge in [0.2, 0.25) is 0 Å². The first kappa shape index (κ1) is 11.7. The molecule has 1 aromatic heterocycles. The van der Waals surface area contributed by atoms with E-state index in [0.717, 1.165) is 4.47 Å². The van der Waals surface area contributed by atoms with Gasteiger partial charge >= 0.3 is 5.97 Å². The summed E-state index contributed by atoms with van der Waals surface area (Å²) in [5.74, 6) is -0.461. The molecule has 4 nitrogen and oxygen atoms in total. The Morgan fingerprint density at radius 3 is 3.07 bits per heavy atom. The Morgan fingerprint density at radius 2 is 2.47 bits per heavy atom. The number of rotatable bonds is 3. The van der Waals surface area contributed by atoms with Crippen LogP contribution in [0.1, 0.15) is 12.6 Å². The van der Waals surface area contributed by atoms with Crippen LogP contribution in [0.15, 0.2) is 28.9 Å². The van der Waals surface area contributed by atoms with E-state index in [-0.39, 0.29) is 5.70 Å². The van der Waals surface area contributed by atoms with E-state index in [4.69, 9.17) is 10.5 Å². The molecule has 0 atom stereocenters. The first-order valence-corrected chi connectivity index (χ1v) is 5.18. The molecule has 0 spiro atoms. The van der Waals surface area contributed by atoms with Crippen molar-refractivity contribution in [3.05, 3.63) is 34.6 Å². The molecule has 0 aliphatic carbocycles. The average molecular weight is 271 g/mol. The van der Waals surface area contributed by atoms with E-state index < -0.39 is 5.97 Å². The second kappa shape index (κ2) is 5.50. The molecule has 0 unspecified atom stereocenters. The summed E-state index contributed by atoms with van der Waals surface area (Å²) in [6.07, 6.45) is 2.82. The fourth-order valence-corrected chi connectivity index (χ4v) is 1.28. The Balaban J connectivity index is 2.84. The number of nitrogens with zero attached hydrogens (tertiary/aromatic N) is 1. The minimum atomic E-state index is -0.461. The van der Waals surface area contributed by atoms with Gasteiger partial charge in [-0.05, 0) is 19.1 Å². The third kappa shape index (κ3) is 3.71. The number of ether oxygens (including phenoxy) is 1. The second-order valence-electron chi connectivity index (χ2n) is 2.71. The lowest BCUT2D eigenvalue weighted by Gasteiger charge is -2.01.